The number of ether oxygens (including phenoxy) is 3. The van der Waals surface area contributed by atoms with Gasteiger partial charge in [-0.15, -0.1) is 0 Å². The first-order valence-electron chi connectivity index (χ1n) is 8.57. The van der Waals surface area contributed by atoms with Gasteiger partial charge < -0.3 is 18.7 Å². The minimum absolute atomic E-state index is 0.238. The quantitative estimate of drug-likeness (QED) is 0.271. The number of nitrogens with zero attached hydrogens (tertiary/aromatic N) is 3. The molecule has 1 aliphatic rings. The summed E-state index contributed by atoms with van der Waals surface area (Å²) in [5, 5.41) is 3.76. The summed E-state index contributed by atoms with van der Waals surface area (Å²) in [5.41, 5.74) is 9.92. The molecule has 0 N–H and O–H groups in total. The Bertz CT molecular complexity index is 685. The van der Waals surface area contributed by atoms with Crippen LogP contribution in [0.5, 0.6) is 0 Å². The summed E-state index contributed by atoms with van der Waals surface area (Å²) in [4.78, 5) is 2.86. The zero-order valence-corrected chi connectivity index (χ0v) is 16.8. The third-order valence-corrected chi connectivity index (χ3v) is 5.74. The molecule has 1 aromatic rings. The maximum absolute atomic E-state index is 12.2. The minimum Gasteiger partial charge on any atom is -0.378 e. The highest BCUT2D eigenvalue weighted by Gasteiger charge is 2.46. The normalized spacial score (nSPS) is 30.3. The monoisotopic (exact) mass is 399 g/mol. The van der Waals surface area contributed by atoms with E-state index < -0.39 is 26.0 Å². The molecular formula is C17H26N3O6P. The van der Waals surface area contributed by atoms with Gasteiger partial charge in [0.1, 0.15) is 6.10 Å². The first kappa shape index (κ1) is 21.9. The first-order chi connectivity index (χ1) is 12.9. The number of benzene rings is 1. The molecule has 0 saturated carbocycles. The molecule has 1 heterocycles. The molecule has 0 radical (unpaired) electrons. The van der Waals surface area contributed by atoms with Crippen LogP contribution < -0.4 is 0 Å². The fourth-order valence-electron chi connectivity index (χ4n) is 3.02. The van der Waals surface area contributed by atoms with Crippen molar-refractivity contribution < 1.29 is 27.8 Å². The second kappa shape index (κ2) is 10.2. The van der Waals surface area contributed by atoms with Gasteiger partial charge in [-0.3, -0.25) is 9.09 Å². The Balaban J connectivity index is 2.10. The van der Waals surface area contributed by atoms with Crippen LogP contribution in [0.25, 0.3) is 10.4 Å². The molecule has 1 aliphatic heterocycles. The van der Waals surface area contributed by atoms with E-state index >= 15 is 0 Å². The smallest absolute Gasteiger partial charge is 0.329 e. The van der Waals surface area contributed by atoms with E-state index in [9.17, 15) is 4.57 Å². The molecule has 0 aromatic heterocycles. The second-order valence-corrected chi connectivity index (χ2v) is 8.48. The number of methoxy groups -OCH3 is 1. The highest BCUT2D eigenvalue weighted by atomic mass is 31.2. The van der Waals surface area contributed by atoms with E-state index in [2.05, 4.69) is 10.0 Å². The van der Waals surface area contributed by atoms with Gasteiger partial charge >= 0.3 is 7.60 Å². The molecule has 2 rings (SSSR count). The third-order valence-electron chi connectivity index (χ3n) is 4.49. The van der Waals surface area contributed by atoms with Gasteiger partial charge in [0.05, 0.1) is 25.4 Å². The van der Waals surface area contributed by atoms with Gasteiger partial charge in [0.25, 0.3) is 0 Å². The summed E-state index contributed by atoms with van der Waals surface area (Å²) in [6, 6.07) is 9.03. The van der Waals surface area contributed by atoms with Crippen molar-refractivity contribution in [2.75, 3.05) is 27.5 Å². The summed E-state index contributed by atoms with van der Waals surface area (Å²) >= 11 is 0. The van der Waals surface area contributed by atoms with Gasteiger partial charge in [0, 0.05) is 25.8 Å². The molecule has 0 bridgehead atoms. The Labute approximate surface area is 159 Å². The Morgan fingerprint density at radius 1 is 1.30 bits per heavy atom. The largest absolute Gasteiger partial charge is 0.378 e. The highest BCUT2D eigenvalue weighted by molar-refractivity contribution is 7.52. The van der Waals surface area contributed by atoms with Crippen LogP contribution in [0, 0.1) is 5.92 Å². The van der Waals surface area contributed by atoms with E-state index in [1.165, 1.54) is 13.8 Å². The zero-order valence-electron chi connectivity index (χ0n) is 15.9. The molecule has 0 amide bonds. The Morgan fingerprint density at radius 3 is 2.59 bits per heavy atom. The van der Waals surface area contributed by atoms with Gasteiger partial charge in [-0.2, -0.15) is 0 Å². The SMILES string of the molecule is CO[C@@H]1C(COCc2ccccc2)O[C@H](OP(C)(=O)OC)C(N=[N+]=[N-])[C@H]1C. The highest BCUT2D eigenvalue weighted by Crippen LogP contribution is 2.47. The Kier molecular flexibility index (Phi) is 8.26. The van der Waals surface area contributed by atoms with E-state index in [1.807, 2.05) is 37.3 Å². The van der Waals surface area contributed by atoms with Gasteiger partial charge in [-0.05, 0) is 17.0 Å². The lowest BCUT2D eigenvalue weighted by atomic mass is 9.89. The van der Waals surface area contributed by atoms with Crippen LogP contribution in [-0.2, 0) is 34.4 Å². The predicted molar refractivity (Wildman–Crippen MR) is 99.3 cm³/mol. The number of hydrogen-bond acceptors (Lipinski definition) is 7. The van der Waals surface area contributed by atoms with Crippen LogP contribution in [0.1, 0.15) is 12.5 Å². The lowest BCUT2D eigenvalue weighted by Crippen LogP contribution is -2.55. The topological polar surface area (TPSA) is 112 Å². The molecule has 6 atom stereocenters. The van der Waals surface area contributed by atoms with Crippen LogP contribution in [-0.4, -0.2) is 52.0 Å². The van der Waals surface area contributed by atoms with Crippen molar-refractivity contribution in [1.29, 1.82) is 0 Å². The van der Waals surface area contributed by atoms with Crippen LogP contribution in [0.4, 0.5) is 0 Å². The van der Waals surface area contributed by atoms with Crippen molar-refractivity contribution in [3.05, 3.63) is 46.3 Å². The van der Waals surface area contributed by atoms with Crippen molar-refractivity contribution in [3.63, 3.8) is 0 Å². The summed E-state index contributed by atoms with van der Waals surface area (Å²) < 4.78 is 39.9. The van der Waals surface area contributed by atoms with Gasteiger partial charge in [0.2, 0.25) is 0 Å². The maximum Gasteiger partial charge on any atom is 0.329 e. The fourth-order valence-corrected chi connectivity index (χ4v) is 3.65. The van der Waals surface area contributed by atoms with Crippen LogP contribution >= 0.6 is 7.60 Å². The average Bonchev–Trinajstić information content (AvgIpc) is 2.65. The Morgan fingerprint density at radius 2 is 2.00 bits per heavy atom. The summed E-state index contributed by atoms with van der Waals surface area (Å²) in [5.74, 6) is -0.244. The molecule has 3 unspecified atom stereocenters. The maximum atomic E-state index is 12.2. The molecule has 1 fully saturated rings. The van der Waals surface area contributed by atoms with Crippen molar-refractivity contribution in [3.8, 4) is 0 Å². The molecule has 1 aromatic carbocycles. The fraction of sp³-hybridized carbons (Fsp3) is 0.647. The van der Waals surface area contributed by atoms with Crippen LogP contribution in [0.3, 0.4) is 0 Å². The molecule has 27 heavy (non-hydrogen) atoms. The molecular weight excluding hydrogens is 373 g/mol. The van der Waals surface area contributed by atoms with E-state index in [0.29, 0.717) is 6.61 Å². The molecule has 10 heteroatoms. The molecule has 150 valence electrons. The van der Waals surface area contributed by atoms with Gasteiger partial charge in [-0.1, -0.05) is 42.4 Å². The summed E-state index contributed by atoms with van der Waals surface area (Å²) in [6.45, 7) is 3.85. The van der Waals surface area contributed by atoms with E-state index in [-0.39, 0.29) is 18.6 Å². The van der Waals surface area contributed by atoms with Crippen molar-refractivity contribution in [2.45, 2.75) is 38.1 Å². The van der Waals surface area contributed by atoms with Crippen molar-refractivity contribution in [2.24, 2.45) is 11.0 Å². The standard InChI is InChI=1S/C17H26N3O6P/c1-12-15(19-20-18)17(26-27(4,21)23-3)25-14(16(12)22-2)11-24-10-13-8-6-5-7-9-13/h5-9,12,14-17H,10-11H2,1-4H3/t12-,14?,15?,16+,17-,27?/m1/s1. The average molecular weight is 399 g/mol. The minimum atomic E-state index is -3.35. The third kappa shape index (κ3) is 6.02. The van der Waals surface area contributed by atoms with Gasteiger partial charge in [0.15, 0.2) is 6.29 Å². The van der Waals surface area contributed by atoms with E-state index in [1.54, 1.807) is 7.11 Å². The number of rotatable bonds is 9. The molecule has 0 spiro atoms. The second-order valence-electron chi connectivity index (χ2n) is 6.36. The van der Waals surface area contributed by atoms with Gasteiger partial charge in [-0.25, -0.2) is 0 Å². The zero-order chi connectivity index (χ0) is 19.9. The molecule has 9 nitrogen and oxygen atoms in total. The van der Waals surface area contributed by atoms with Crippen LogP contribution in [0.15, 0.2) is 35.4 Å². The van der Waals surface area contributed by atoms with Crippen molar-refractivity contribution >= 4 is 7.60 Å². The Hall–Kier alpha value is -1.44. The van der Waals surface area contributed by atoms with E-state index in [0.717, 1.165) is 5.56 Å². The van der Waals surface area contributed by atoms with E-state index in [4.69, 9.17) is 28.8 Å². The first-order valence-corrected chi connectivity index (χ1v) is 10.6. The summed E-state index contributed by atoms with van der Waals surface area (Å²) in [7, 11) is -0.504. The predicted octanol–water partition coefficient (Wildman–Crippen LogP) is 3.74. The molecule has 0 aliphatic carbocycles. The van der Waals surface area contributed by atoms with Crippen molar-refractivity contribution in [1.82, 2.24) is 0 Å². The lowest BCUT2D eigenvalue weighted by molar-refractivity contribution is -0.234. The summed E-state index contributed by atoms with van der Waals surface area (Å²) in [6.07, 6.45) is -1.89. The number of azide groups is 1. The lowest BCUT2D eigenvalue weighted by Gasteiger charge is -2.43. The van der Waals surface area contributed by atoms with Crippen LogP contribution in [0.2, 0.25) is 0 Å². The molecule has 1 saturated heterocycles. The number of hydrogen-bond donors (Lipinski definition) is 0.